The van der Waals surface area contributed by atoms with Crippen molar-refractivity contribution in [1.29, 1.82) is 5.26 Å². The lowest BCUT2D eigenvalue weighted by molar-refractivity contribution is 0.280. The van der Waals surface area contributed by atoms with Gasteiger partial charge in [-0.15, -0.1) is 12.4 Å². The van der Waals surface area contributed by atoms with Crippen molar-refractivity contribution < 1.29 is 0 Å². The molecule has 2 fully saturated rings. The van der Waals surface area contributed by atoms with E-state index in [1.807, 2.05) is 0 Å². The van der Waals surface area contributed by atoms with Crippen molar-refractivity contribution in [1.82, 2.24) is 5.32 Å². The summed E-state index contributed by atoms with van der Waals surface area (Å²) in [6.45, 7) is 1.96. The van der Waals surface area contributed by atoms with Gasteiger partial charge in [0, 0.05) is 0 Å². The molecule has 2 nitrogen and oxygen atoms in total. The van der Waals surface area contributed by atoms with E-state index in [2.05, 4.69) is 35.7 Å². The van der Waals surface area contributed by atoms with Gasteiger partial charge >= 0.3 is 0 Å². The third-order valence-electron chi connectivity index (χ3n) is 4.34. The normalized spacial score (nSPS) is 21.2. The highest BCUT2D eigenvalue weighted by molar-refractivity contribution is 5.85. The van der Waals surface area contributed by atoms with Gasteiger partial charge in [-0.1, -0.05) is 24.3 Å². The van der Waals surface area contributed by atoms with Crippen LogP contribution in [-0.4, -0.2) is 13.1 Å². The van der Waals surface area contributed by atoms with Crippen LogP contribution in [-0.2, 0) is 6.42 Å². The van der Waals surface area contributed by atoms with Crippen molar-refractivity contribution in [3.05, 3.63) is 35.4 Å². The fourth-order valence-corrected chi connectivity index (χ4v) is 3.00. The molecule has 1 aliphatic heterocycles. The predicted molar refractivity (Wildman–Crippen MR) is 79.5 cm³/mol. The summed E-state index contributed by atoms with van der Waals surface area (Å²) in [6.07, 6.45) is 5.58. The summed E-state index contributed by atoms with van der Waals surface area (Å²) in [5.41, 5.74) is 2.70. The van der Waals surface area contributed by atoms with Gasteiger partial charge in [0.25, 0.3) is 0 Å². The second kappa shape index (κ2) is 5.94. The van der Waals surface area contributed by atoms with Crippen LogP contribution in [0.15, 0.2) is 24.3 Å². The Hall–Kier alpha value is -1.04. The Morgan fingerprint density at radius 2 is 2.00 bits per heavy atom. The first-order valence-corrected chi connectivity index (χ1v) is 7.02. The molecule has 1 aromatic carbocycles. The molecule has 2 aliphatic rings. The van der Waals surface area contributed by atoms with Gasteiger partial charge in [0.1, 0.15) is 0 Å². The fourth-order valence-electron chi connectivity index (χ4n) is 3.00. The van der Waals surface area contributed by atoms with Crippen LogP contribution >= 0.6 is 12.4 Å². The zero-order valence-electron chi connectivity index (χ0n) is 11.2. The van der Waals surface area contributed by atoms with Crippen LogP contribution in [0.1, 0.15) is 42.7 Å². The van der Waals surface area contributed by atoms with Gasteiger partial charge in [0.15, 0.2) is 0 Å². The standard InChI is InChI=1S/C16H20N2.ClH/c17-12-16(6-8-18-9-7-16)11-13-2-1-3-15(10-13)14-4-5-14;/h1-3,10,14,18H,4-9,11H2;1H. The van der Waals surface area contributed by atoms with Crippen molar-refractivity contribution in [3.63, 3.8) is 0 Å². The zero-order valence-corrected chi connectivity index (χ0v) is 12.0. The molecule has 0 amide bonds. The monoisotopic (exact) mass is 276 g/mol. The maximum atomic E-state index is 9.52. The quantitative estimate of drug-likeness (QED) is 0.918. The second-order valence-corrected chi connectivity index (χ2v) is 5.84. The van der Waals surface area contributed by atoms with E-state index < -0.39 is 0 Å². The molecule has 1 saturated carbocycles. The average molecular weight is 277 g/mol. The highest BCUT2D eigenvalue weighted by atomic mass is 35.5. The summed E-state index contributed by atoms with van der Waals surface area (Å²) >= 11 is 0. The highest BCUT2D eigenvalue weighted by Gasteiger charge is 2.32. The van der Waals surface area contributed by atoms with Gasteiger partial charge < -0.3 is 5.32 Å². The Labute approximate surface area is 121 Å². The first-order valence-electron chi connectivity index (χ1n) is 7.02. The van der Waals surface area contributed by atoms with Crippen molar-refractivity contribution in [2.75, 3.05) is 13.1 Å². The van der Waals surface area contributed by atoms with Gasteiger partial charge in [-0.05, 0) is 62.2 Å². The molecule has 0 aromatic heterocycles. The van der Waals surface area contributed by atoms with E-state index in [0.717, 1.165) is 38.3 Å². The summed E-state index contributed by atoms with van der Waals surface area (Å²) in [5.74, 6) is 0.802. The summed E-state index contributed by atoms with van der Waals surface area (Å²) in [7, 11) is 0. The summed E-state index contributed by atoms with van der Waals surface area (Å²) in [5, 5.41) is 12.9. The predicted octanol–water partition coefficient (Wildman–Crippen LogP) is 3.42. The number of hydrogen-bond acceptors (Lipinski definition) is 2. The van der Waals surface area contributed by atoms with E-state index in [1.165, 1.54) is 24.0 Å². The Kier molecular flexibility index (Phi) is 4.50. The van der Waals surface area contributed by atoms with Crippen LogP contribution in [0.2, 0.25) is 0 Å². The smallest absolute Gasteiger partial charge is 0.0694 e. The van der Waals surface area contributed by atoms with Crippen molar-refractivity contribution >= 4 is 12.4 Å². The molecule has 19 heavy (non-hydrogen) atoms. The van der Waals surface area contributed by atoms with Crippen LogP contribution in [0.4, 0.5) is 0 Å². The summed E-state index contributed by atoms with van der Waals surface area (Å²) in [6, 6.07) is 11.5. The maximum absolute atomic E-state index is 9.52. The van der Waals surface area contributed by atoms with Crippen LogP contribution in [0, 0.1) is 16.7 Å². The molecule has 0 spiro atoms. The zero-order chi connectivity index (χ0) is 12.4. The minimum Gasteiger partial charge on any atom is -0.317 e. The molecule has 3 heteroatoms. The molecule has 0 radical (unpaired) electrons. The van der Waals surface area contributed by atoms with Crippen LogP contribution in [0.3, 0.4) is 0 Å². The van der Waals surface area contributed by atoms with Gasteiger partial charge in [-0.2, -0.15) is 5.26 Å². The third-order valence-corrected chi connectivity index (χ3v) is 4.34. The molecule has 0 bridgehead atoms. The molecule has 0 unspecified atom stereocenters. The lowest BCUT2D eigenvalue weighted by atomic mass is 9.75. The topological polar surface area (TPSA) is 35.8 Å². The Morgan fingerprint density at radius 3 is 2.63 bits per heavy atom. The van der Waals surface area contributed by atoms with Crippen molar-refractivity contribution in [2.45, 2.75) is 38.0 Å². The van der Waals surface area contributed by atoms with E-state index in [0.29, 0.717) is 0 Å². The van der Waals surface area contributed by atoms with Gasteiger partial charge in [0.2, 0.25) is 0 Å². The number of nitrogens with zero attached hydrogens (tertiary/aromatic N) is 1. The average Bonchev–Trinajstić information content (AvgIpc) is 3.24. The first-order chi connectivity index (χ1) is 8.81. The van der Waals surface area contributed by atoms with E-state index in [4.69, 9.17) is 0 Å². The van der Waals surface area contributed by atoms with E-state index >= 15 is 0 Å². The van der Waals surface area contributed by atoms with E-state index in [-0.39, 0.29) is 17.8 Å². The number of hydrogen-bond donors (Lipinski definition) is 1. The molecule has 1 heterocycles. The van der Waals surface area contributed by atoms with Crippen LogP contribution in [0.5, 0.6) is 0 Å². The maximum Gasteiger partial charge on any atom is 0.0694 e. The number of nitrogens with one attached hydrogen (secondary N) is 1. The molecule has 1 aromatic rings. The Balaban J connectivity index is 0.00000133. The second-order valence-electron chi connectivity index (χ2n) is 5.84. The minimum atomic E-state index is -0.132. The number of halogens is 1. The first kappa shape index (κ1) is 14.4. The molecule has 102 valence electrons. The molecule has 1 N–H and O–H groups in total. The number of piperidine rings is 1. The minimum absolute atomic E-state index is 0. The van der Waals surface area contributed by atoms with Crippen LogP contribution in [0.25, 0.3) is 0 Å². The highest BCUT2D eigenvalue weighted by Crippen LogP contribution is 2.41. The summed E-state index contributed by atoms with van der Waals surface area (Å²) in [4.78, 5) is 0. The molecule has 3 rings (SSSR count). The fraction of sp³-hybridized carbons (Fsp3) is 0.562. The molecular weight excluding hydrogens is 256 g/mol. The number of nitriles is 1. The molecule has 1 aliphatic carbocycles. The van der Waals surface area contributed by atoms with Crippen molar-refractivity contribution in [2.24, 2.45) is 5.41 Å². The third kappa shape index (κ3) is 3.29. The van der Waals surface area contributed by atoms with E-state index in [9.17, 15) is 5.26 Å². The van der Waals surface area contributed by atoms with E-state index in [1.54, 1.807) is 0 Å². The SMILES string of the molecule is Cl.N#CC1(Cc2cccc(C3CC3)c2)CCNCC1. The molecular formula is C16H21ClN2. The lowest BCUT2D eigenvalue weighted by Gasteiger charge is -2.31. The van der Waals surface area contributed by atoms with Gasteiger partial charge in [-0.25, -0.2) is 0 Å². The Morgan fingerprint density at radius 1 is 1.26 bits per heavy atom. The number of rotatable bonds is 3. The lowest BCUT2D eigenvalue weighted by Crippen LogP contribution is -2.37. The summed E-state index contributed by atoms with van der Waals surface area (Å²) < 4.78 is 0. The van der Waals surface area contributed by atoms with Gasteiger partial charge in [-0.3, -0.25) is 0 Å². The largest absolute Gasteiger partial charge is 0.317 e. The Bertz CT molecular complexity index is 468. The van der Waals surface area contributed by atoms with Crippen molar-refractivity contribution in [3.8, 4) is 6.07 Å². The van der Waals surface area contributed by atoms with Gasteiger partial charge in [0.05, 0.1) is 11.5 Å². The number of benzene rings is 1. The molecule has 0 atom stereocenters. The van der Waals surface area contributed by atoms with Crippen LogP contribution < -0.4 is 5.32 Å². The molecule has 1 saturated heterocycles.